The molecule has 7 heteroatoms. The number of nitrogens with zero attached hydrogens (tertiary/aromatic N) is 1. The predicted octanol–water partition coefficient (Wildman–Crippen LogP) is 1.25. The van der Waals surface area contributed by atoms with Crippen molar-refractivity contribution in [1.29, 1.82) is 0 Å². The Kier molecular flexibility index (Phi) is 4.32. The van der Waals surface area contributed by atoms with E-state index in [1.807, 2.05) is 6.92 Å². The number of hydrogen-bond acceptors (Lipinski definition) is 5. The number of nitrogen functional groups attached to an aromatic ring is 1. The molecule has 1 amide bonds. The van der Waals surface area contributed by atoms with Crippen LogP contribution < -0.4 is 20.5 Å². The van der Waals surface area contributed by atoms with Crippen LogP contribution in [0.25, 0.3) is 0 Å². The van der Waals surface area contributed by atoms with Crippen LogP contribution in [0.5, 0.6) is 11.5 Å². The largest absolute Gasteiger partial charge is 0.493 e. The molecule has 0 saturated heterocycles. The number of benzene rings is 1. The lowest BCUT2D eigenvalue weighted by atomic mass is 10.1. The molecule has 7 nitrogen and oxygen atoms in total. The molecule has 4 N–H and O–H groups in total. The van der Waals surface area contributed by atoms with Crippen LogP contribution in [0.1, 0.15) is 21.6 Å². The molecule has 2 rings (SSSR count). The first kappa shape index (κ1) is 14.7. The highest BCUT2D eigenvalue weighted by molar-refractivity contribution is 6.00. The Labute approximate surface area is 122 Å². The number of amides is 1. The molecule has 0 spiro atoms. The lowest BCUT2D eigenvalue weighted by Gasteiger charge is -2.12. The molecule has 0 aliphatic heterocycles. The summed E-state index contributed by atoms with van der Waals surface area (Å²) in [5.41, 5.74) is 8.39. The molecule has 1 aromatic carbocycles. The molecule has 1 heterocycles. The topological polar surface area (TPSA) is 102 Å². The van der Waals surface area contributed by atoms with E-state index in [1.165, 1.54) is 14.2 Å². The first-order valence-corrected chi connectivity index (χ1v) is 6.35. The zero-order valence-corrected chi connectivity index (χ0v) is 12.2. The molecule has 1 aromatic heterocycles. The number of nitrogens with two attached hydrogens (primary N) is 1. The second-order valence-electron chi connectivity index (χ2n) is 4.50. The third-order valence-electron chi connectivity index (χ3n) is 3.17. The molecular formula is C14H18N4O3. The summed E-state index contributed by atoms with van der Waals surface area (Å²) in [6.45, 7) is 2.26. The standard InChI is InChI=1S/C14H18N4O3/c1-8-9(7-17-18-8)6-16-14(19)10-4-12(20-2)13(21-3)5-11(10)15/h4-5,7H,6,15H2,1-3H3,(H,16,19)(H,17,18). The van der Waals surface area contributed by atoms with Gasteiger partial charge < -0.3 is 20.5 Å². The molecule has 0 bridgehead atoms. The average molecular weight is 290 g/mol. The lowest BCUT2D eigenvalue weighted by Crippen LogP contribution is -2.24. The van der Waals surface area contributed by atoms with Gasteiger partial charge in [0.05, 0.1) is 26.0 Å². The van der Waals surface area contributed by atoms with Crippen LogP contribution in [-0.2, 0) is 6.54 Å². The Morgan fingerprint density at radius 2 is 2.00 bits per heavy atom. The molecule has 0 saturated carbocycles. The van der Waals surface area contributed by atoms with Crippen LogP contribution in [-0.4, -0.2) is 30.3 Å². The van der Waals surface area contributed by atoms with E-state index < -0.39 is 0 Å². The maximum absolute atomic E-state index is 12.2. The molecule has 2 aromatic rings. The van der Waals surface area contributed by atoms with E-state index in [-0.39, 0.29) is 5.91 Å². The quantitative estimate of drug-likeness (QED) is 0.719. The Morgan fingerprint density at radius 3 is 2.57 bits per heavy atom. The van der Waals surface area contributed by atoms with Crippen molar-refractivity contribution in [2.45, 2.75) is 13.5 Å². The molecule has 21 heavy (non-hydrogen) atoms. The van der Waals surface area contributed by atoms with Crippen LogP contribution in [0.2, 0.25) is 0 Å². The Hall–Kier alpha value is -2.70. The number of aromatic amines is 1. The number of hydrogen-bond donors (Lipinski definition) is 3. The number of aromatic nitrogens is 2. The van der Waals surface area contributed by atoms with Crippen molar-refractivity contribution in [2.75, 3.05) is 20.0 Å². The normalized spacial score (nSPS) is 10.2. The summed E-state index contributed by atoms with van der Waals surface area (Å²) in [5.74, 6) is 0.655. The zero-order chi connectivity index (χ0) is 15.4. The summed E-state index contributed by atoms with van der Waals surface area (Å²) in [6, 6.07) is 3.13. The molecule has 0 fully saturated rings. The number of nitrogens with one attached hydrogen (secondary N) is 2. The third kappa shape index (κ3) is 3.07. The Morgan fingerprint density at radius 1 is 1.33 bits per heavy atom. The van der Waals surface area contributed by atoms with E-state index in [0.29, 0.717) is 29.3 Å². The van der Waals surface area contributed by atoms with Gasteiger partial charge in [-0.2, -0.15) is 5.10 Å². The van der Waals surface area contributed by atoms with Crippen LogP contribution in [0.3, 0.4) is 0 Å². The van der Waals surface area contributed by atoms with Gasteiger partial charge >= 0.3 is 0 Å². The van der Waals surface area contributed by atoms with E-state index in [1.54, 1.807) is 18.3 Å². The summed E-state index contributed by atoms with van der Waals surface area (Å²) in [4.78, 5) is 12.2. The van der Waals surface area contributed by atoms with Crippen molar-refractivity contribution in [1.82, 2.24) is 15.5 Å². The van der Waals surface area contributed by atoms with Crippen molar-refractivity contribution in [3.8, 4) is 11.5 Å². The van der Waals surface area contributed by atoms with Crippen molar-refractivity contribution in [3.63, 3.8) is 0 Å². The highest BCUT2D eigenvalue weighted by Crippen LogP contribution is 2.31. The van der Waals surface area contributed by atoms with E-state index >= 15 is 0 Å². The van der Waals surface area contributed by atoms with Gasteiger partial charge in [0.2, 0.25) is 0 Å². The number of aryl methyl sites for hydroxylation is 1. The molecule has 0 radical (unpaired) electrons. The number of ether oxygens (including phenoxy) is 2. The summed E-state index contributed by atoms with van der Waals surface area (Å²) >= 11 is 0. The van der Waals surface area contributed by atoms with Gasteiger partial charge in [0.1, 0.15) is 0 Å². The fourth-order valence-corrected chi connectivity index (χ4v) is 1.92. The highest BCUT2D eigenvalue weighted by atomic mass is 16.5. The summed E-state index contributed by atoms with van der Waals surface area (Å²) in [5, 5.41) is 9.51. The zero-order valence-electron chi connectivity index (χ0n) is 12.2. The van der Waals surface area contributed by atoms with Crippen molar-refractivity contribution in [2.24, 2.45) is 0 Å². The monoisotopic (exact) mass is 290 g/mol. The molecule has 0 aliphatic rings. The highest BCUT2D eigenvalue weighted by Gasteiger charge is 2.15. The van der Waals surface area contributed by atoms with Gasteiger partial charge in [-0.3, -0.25) is 9.89 Å². The lowest BCUT2D eigenvalue weighted by molar-refractivity contribution is 0.0951. The van der Waals surface area contributed by atoms with Gasteiger partial charge in [0.25, 0.3) is 5.91 Å². The van der Waals surface area contributed by atoms with Gasteiger partial charge in [0, 0.05) is 29.6 Å². The predicted molar refractivity (Wildman–Crippen MR) is 78.5 cm³/mol. The summed E-state index contributed by atoms with van der Waals surface area (Å²) in [7, 11) is 3.02. The SMILES string of the molecule is COc1cc(N)c(C(=O)NCc2cn[nH]c2C)cc1OC. The molecule has 0 aliphatic carbocycles. The first-order valence-electron chi connectivity index (χ1n) is 6.35. The second-order valence-corrected chi connectivity index (χ2v) is 4.50. The summed E-state index contributed by atoms with van der Waals surface area (Å²) < 4.78 is 10.3. The van der Waals surface area contributed by atoms with E-state index in [4.69, 9.17) is 15.2 Å². The first-order chi connectivity index (χ1) is 10.1. The summed E-state index contributed by atoms with van der Waals surface area (Å²) in [6.07, 6.45) is 1.67. The van der Waals surface area contributed by atoms with Crippen molar-refractivity contribution >= 4 is 11.6 Å². The fraction of sp³-hybridized carbons (Fsp3) is 0.286. The van der Waals surface area contributed by atoms with Crippen molar-refractivity contribution in [3.05, 3.63) is 35.2 Å². The minimum absolute atomic E-state index is 0.283. The van der Waals surface area contributed by atoms with Crippen LogP contribution in [0.4, 0.5) is 5.69 Å². The number of anilines is 1. The number of rotatable bonds is 5. The minimum Gasteiger partial charge on any atom is -0.493 e. The number of methoxy groups -OCH3 is 2. The maximum Gasteiger partial charge on any atom is 0.253 e. The molecule has 0 atom stereocenters. The molecular weight excluding hydrogens is 272 g/mol. The second kappa shape index (κ2) is 6.17. The van der Waals surface area contributed by atoms with E-state index in [2.05, 4.69) is 15.5 Å². The van der Waals surface area contributed by atoms with Gasteiger partial charge in [-0.1, -0.05) is 0 Å². The Balaban J connectivity index is 2.17. The number of H-pyrrole nitrogens is 1. The van der Waals surface area contributed by atoms with E-state index in [9.17, 15) is 4.79 Å². The van der Waals surface area contributed by atoms with E-state index in [0.717, 1.165) is 11.3 Å². The van der Waals surface area contributed by atoms with Gasteiger partial charge in [-0.05, 0) is 13.0 Å². The van der Waals surface area contributed by atoms with Crippen LogP contribution in [0, 0.1) is 6.92 Å². The molecule has 0 unspecified atom stereocenters. The van der Waals surface area contributed by atoms with Gasteiger partial charge in [0.15, 0.2) is 11.5 Å². The molecule has 112 valence electrons. The minimum atomic E-state index is -0.283. The van der Waals surface area contributed by atoms with Crippen LogP contribution >= 0.6 is 0 Å². The van der Waals surface area contributed by atoms with Gasteiger partial charge in [-0.15, -0.1) is 0 Å². The smallest absolute Gasteiger partial charge is 0.253 e. The van der Waals surface area contributed by atoms with Gasteiger partial charge in [-0.25, -0.2) is 0 Å². The third-order valence-corrected chi connectivity index (χ3v) is 3.17. The number of carbonyl (C=O) groups excluding carboxylic acids is 1. The van der Waals surface area contributed by atoms with Crippen molar-refractivity contribution < 1.29 is 14.3 Å². The van der Waals surface area contributed by atoms with Crippen LogP contribution in [0.15, 0.2) is 18.3 Å². The fourth-order valence-electron chi connectivity index (χ4n) is 1.92. The average Bonchev–Trinajstić information content (AvgIpc) is 2.89. The maximum atomic E-state index is 12.2. The Bertz CT molecular complexity index is 652. The number of carbonyl (C=O) groups is 1.